The number of urea groups is 1. The van der Waals surface area contributed by atoms with Gasteiger partial charge in [0.05, 0.1) is 6.54 Å². The van der Waals surface area contributed by atoms with Crippen molar-refractivity contribution in [1.29, 1.82) is 0 Å². The highest BCUT2D eigenvalue weighted by atomic mass is 16.2. The molecule has 1 aromatic carbocycles. The molecular weight excluding hydrogens is 358 g/mol. The fraction of sp³-hybridized carbons (Fsp3) is 0.526. The Morgan fingerprint density at radius 1 is 1.11 bits per heavy atom. The summed E-state index contributed by atoms with van der Waals surface area (Å²) in [6.45, 7) is 2.61. The van der Waals surface area contributed by atoms with Crippen LogP contribution >= 0.6 is 0 Å². The van der Waals surface area contributed by atoms with Gasteiger partial charge in [-0.3, -0.25) is 4.79 Å². The number of rotatable bonds is 3. The predicted octanol–water partition coefficient (Wildman–Crippen LogP) is 0.939. The van der Waals surface area contributed by atoms with Gasteiger partial charge in [-0.2, -0.15) is 0 Å². The van der Waals surface area contributed by atoms with Gasteiger partial charge in [0.1, 0.15) is 6.33 Å². The van der Waals surface area contributed by atoms with E-state index in [1.807, 2.05) is 34.1 Å². The Bertz CT molecular complexity index is 834. The molecule has 1 aromatic heterocycles. The van der Waals surface area contributed by atoms with Crippen molar-refractivity contribution in [3.8, 4) is 0 Å². The van der Waals surface area contributed by atoms with Crippen LogP contribution in [0.5, 0.6) is 0 Å². The van der Waals surface area contributed by atoms with E-state index >= 15 is 0 Å². The van der Waals surface area contributed by atoms with Gasteiger partial charge in [0, 0.05) is 45.3 Å². The molecule has 4 heterocycles. The second-order valence-electron chi connectivity index (χ2n) is 7.84. The molecule has 9 heteroatoms. The first-order valence-corrected chi connectivity index (χ1v) is 9.58. The number of fused-ring (bicyclic) bond motifs is 4. The minimum atomic E-state index is 0.0261. The first-order chi connectivity index (χ1) is 13.5. The highest BCUT2D eigenvalue weighted by molar-refractivity contribution is 5.94. The van der Waals surface area contributed by atoms with Crippen LogP contribution in [-0.4, -0.2) is 86.6 Å². The summed E-state index contributed by atoms with van der Waals surface area (Å²) in [5.74, 6) is 0.383. The fourth-order valence-corrected chi connectivity index (χ4v) is 4.13. The number of aromatic nitrogens is 4. The van der Waals surface area contributed by atoms with Crippen molar-refractivity contribution in [2.75, 3.05) is 33.7 Å². The Morgan fingerprint density at radius 2 is 1.89 bits per heavy atom. The molecule has 28 heavy (non-hydrogen) atoms. The van der Waals surface area contributed by atoms with Crippen molar-refractivity contribution in [2.45, 2.75) is 25.4 Å². The maximum atomic E-state index is 13.2. The molecule has 3 aliphatic rings. The average Bonchev–Trinajstić information content (AvgIpc) is 3.04. The van der Waals surface area contributed by atoms with Crippen LogP contribution < -0.4 is 0 Å². The largest absolute Gasteiger partial charge is 0.334 e. The molecular formula is C19H25N7O2. The smallest absolute Gasteiger partial charge is 0.319 e. The lowest BCUT2D eigenvalue weighted by Crippen LogP contribution is -2.48. The highest BCUT2D eigenvalue weighted by Crippen LogP contribution is 2.29. The zero-order valence-electron chi connectivity index (χ0n) is 16.2. The van der Waals surface area contributed by atoms with Crippen molar-refractivity contribution in [1.82, 2.24) is 34.9 Å². The lowest BCUT2D eigenvalue weighted by Gasteiger charge is -2.36. The summed E-state index contributed by atoms with van der Waals surface area (Å²) in [4.78, 5) is 31.0. The number of amides is 3. The van der Waals surface area contributed by atoms with Gasteiger partial charge in [-0.1, -0.05) is 12.1 Å². The van der Waals surface area contributed by atoms with Gasteiger partial charge >= 0.3 is 6.03 Å². The average molecular weight is 383 g/mol. The third-order valence-corrected chi connectivity index (χ3v) is 5.56. The van der Waals surface area contributed by atoms with Gasteiger partial charge in [-0.05, 0) is 46.9 Å². The number of hydrogen-bond donors (Lipinski definition) is 0. The summed E-state index contributed by atoms with van der Waals surface area (Å²) < 4.78 is 1.64. The molecule has 3 aliphatic heterocycles. The molecule has 3 amide bonds. The molecule has 0 N–H and O–H groups in total. The molecule has 9 nitrogen and oxygen atoms in total. The van der Waals surface area contributed by atoms with E-state index in [2.05, 4.69) is 15.5 Å². The molecule has 0 aliphatic carbocycles. The molecule has 3 fully saturated rings. The maximum Gasteiger partial charge on any atom is 0.319 e. The Morgan fingerprint density at radius 3 is 2.57 bits per heavy atom. The van der Waals surface area contributed by atoms with Crippen molar-refractivity contribution < 1.29 is 9.59 Å². The molecule has 148 valence electrons. The SMILES string of the molecule is CN(C)C(=O)N1C[C@@H]2CC[C@H](C1)N(C(=O)c1ccc(Cn3cnnn3)cc1)C2. The maximum absolute atomic E-state index is 13.2. The zero-order valence-corrected chi connectivity index (χ0v) is 16.2. The van der Waals surface area contributed by atoms with Crippen molar-refractivity contribution in [3.05, 3.63) is 41.7 Å². The van der Waals surface area contributed by atoms with Gasteiger partial charge < -0.3 is 14.7 Å². The van der Waals surface area contributed by atoms with E-state index in [1.165, 1.54) is 0 Å². The summed E-state index contributed by atoms with van der Waals surface area (Å²) >= 11 is 0. The summed E-state index contributed by atoms with van der Waals surface area (Å²) in [7, 11) is 3.55. The normalized spacial score (nSPS) is 21.5. The number of hydrogen-bond acceptors (Lipinski definition) is 5. The summed E-state index contributed by atoms with van der Waals surface area (Å²) in [5, 5.41) is 11.1. The fourth-order valence-electron chi connectivity index (χ4n) is 4.13. The van der Waals surface area contributed by atoms with Gasteiger partial charge in [-0.25, -0.2) is 9.48 Å². The monoisotopic (exact) mass is 383 g/mol. The van der Waals surface area contributed by atoms with Crippen LogP contribution in [0.3, 0.4) is 0 Å². The Hall–Kier alpha value is -2.97. The molecule has 2 bridgehead atoms. The Kier molecular flexibility index (Phi) is 4.97. The number of nitrogens with zero attached hydrogens (tertiary/aromatic N) is 7. The molecule has 2 aromatic rings. The van der Waals surface area contributed by atoms with Gasteiger partial charge in [-0.15, -0.1) is 5.10 Å². The van der Waals surface area contributed by atoms with E-state index in [9.17, 15) is 9.59 Å². The third-order valence-electron chi connectivity index (χ3n) is 5.56. The summed E-state index contributed by atoms with van der Waals surface area (Å²) in [5.41, 5.74) is 1.71. The molecule has 3 saturated heterocycles. The number of carbonyl (C=O) groups excluding carboxylic acids is 2. The second kappa shape index (κ2) is 7.57. The van der Waals surface area contributed by atoms with Crippen molar-refractivity contribution in [2.24, 2.45) is 5.92 Å². The van der Waals surface area contributed by atoms with E-state index in [-0.39, 0.29) is 18.0 Å². The zero-order chi connectivity index (χ0) is 19.7. The molecule has 0 saturated carbocycles. The van der Waals surface area contributed by atoms with E-state index in [1.54, 1.807) is 30.0 Å². The van der Waals surface area contributed by atoms with Gasteiger partial charge in [0.2, 0.25) is 0 Å². The highest BCUT2D eigenvalue weighted by Gasteiger charge is 2.39. The van der Waals surface area contributed by atoms with Crippen LogP contribution in [0.2, 0.25) is 0 Å². The van der Waals surface area contributed by atoms with Crippen LogP contribution in [0, 0.1) is 5.92 Å². The van der Waals surface area contributed by atoms with Crippen molar-refractivity contribution >= 4 is 11.9 Å². The molecule has 0 spiro atoms. The van der Waals surface area contributed by atoms with E-state index in [0.29, 0.717) is 31.1 Å². The number of benzene rings is 1. The van der Waals surface area contributed by atoms with Crippen LogP contribution in [-0.2, 0) is 6.54 Å². The topological polar surface area (TPSA) is 87.5 Å². The number of carbonyl (C=O) groups is 2. The quantitative estimate of drug-likeness (QED) is 0.787. The van der Waals surface area contributed by atoms with Crippen LogP contribution in [0.15, 0.2) is 30.6 Å². The predicted molar refractivity (Wildman–Crippen MR) is 102 cm³/mol. The standard InChI is InChI=1S/C19H25N7O2/c1-23(2)19(28)24-9-15-5-8-17(12-24)26(11-15)18(27)16-6-3-14(4-7-16)10-25-13-20-21-22-25/h3-4,6-7,13,15,17H,5,8-12H2,1-2H3/t15-,17+/m0/s1. The number of piperidine rings is 1. The van der Waals surface area contributed by atoms with Crippen LogP contribution in [0.25, 0.3) is 0 Å². The Balaban J connectivity index is 1.46. The first-order valence-electron chi connectivity index (χ1n) is 9.58. The van der Waals surface area contributed by atoms with E-state index in [4.69, 9.17) is 0 Å². The third kappa shape index (κ3) is 3.69. The molecule has 0 unspecified atom stereocenters. The van der Waals surface area contributed by atoms with E-state index < -0.39 is 0 Å². The van der Waals surface area contributed by atoms with Crippen molar-refractivity contribution in [3.63, 3.8) is 0 Å². The minimum Gasteiger partial charge on any atom is -0.334 e. The van der Waals surface area contributed by atoms with Gasteiger partial charge in [0.15, 0.2) is 0 Å². The summed E-state index contributed by atoms with van der Waals surface area (Å²) in [6.07, 6.45) is 3.58. The molecule has 5 rings (SSSR count). The summed E-state index contributed by atoms with van der Waals surface area (Å²) in [6, 6.07) is 7.71. The van der Waals surface area contributed by atoms with Crippen LogP contribution in [0.1, 0.15) is 28.8 Å². The van der Waals surface area contributed by atoms with E-state index in [0.717, 1.165) is 24.9 Å². The first kappa shape index (κ1) is 18.4. The molecule has 0 radical (unpaired) electrons. The lowest BCUT2D eigenvalue weighted by molar-refractivity contribution is 0.0585. The van der Waals surface area contributed by atoms with Gasteiger partial charge in [0.25, 0.3) is 5.91 Å². The second-order valence-corrected chi connectivity index (χ2v) is 7.84. The lowest BCUT2D eigenvalue weighted by atomic mass is 9.94. The van der Waals surface area contributed by atoms with Crippen LogP contribution in [0.4, 0.5) is 4.79 Å². The molecule has 2 atom stereocenters. The number of tetrazole rings is 1. The Labute approximate surface area is 163 Å². The minimum absolute atomic E-state index is 0.0261.